The largest absolute Gasteiger partial charge is 0.497 e. The summed E-state index contributed by atoms with van der Waals surface area (Å²) in [5, 5.41) is 0. The van der Waals surface area contributed by atoms with Crippen LogP contribution in [0.25, 0.3) is 5.57 Å². The summed E-state index contributed by atoms with van der Waals surface area (Å²) in [4.78, 5) is 58.5. The van der Waals surface area contributed by atoms with Crippen LogP contribution in [0.5, 0.6) is 5.75 Å². The molecule has 0 bridgehead atoms. The normalized spacial score (nSPS) is 17.6. The molecule has 3 heterocycles. The smallest absolute Gasteiger partial charge is 0.338 e. The Bertz CT molecular complexity index is 1700. The summed E-state index contributed by atoms with van der Waals surface area (Å²) >= 11 is 1.06. The number of fused-ring (bicyclic) bond motifs is 2. The van der Waals surface area contributed by atoms with Gasteiger partial charge in [0.1, 0.15) is 16.8 Å². The summed E-state index contributed by atoms with van der Waals surface area (Å²) in [5.41, 5.74) is 7.38. The second kappa shape index (κ2) is 9.75. The lowest BCUT2D eigenvalue weighted by atomic mass is 9.96. The van der Waals surface area contributed by atoms with Crippen molar-refractivity contribution in [3.63, 3.8) is 0 Å². The zero-order chi connectivity index (χ0) is 27.1. The number of amides is 2. The number of hydrogen-bond acceptors (Lipinski definition) is 8. The van der Waals surface area contributed by atoms with Crippen molar-refractivity contribution >= 4 is 40.4 Å². The van der Waals surface area contributed by atoms with E-state index in [1.807, 2.05) is 0 Å². The lowest BCUT2D eigenvalue weighted by molar-refractivity contribution is -0.139. The summed E-state index contributed by atoms with van der Waals surface area (Å²) in [6.45, 7) is 3.22. The van der Waals surface area contributed by atoms with Gasteiger partial charge in [-0.05, 0) is 37.6 Å². The van der Waals surface area contributed by atoms with Gasteiger partial charge in [-0.3, -0.25) is 23.9 Å². The molecule has 0 saturated carbocycles. The van der Waals surface area contributed by atoms with E-state index in [4.69, 9.17) is 15.2 Å². The molecule has 194 valence electrons. The van der Waals surface area contributed by atoms with Crippen LogP contribution < -0.4 is 30.3 Å². The summed E-state index contributed by atoms with van der Waals surface area (Å²) in [7, 11) is 1.55. The van der Waals surface area contributed by atoms with E-state index in [0.717, 1.165) is 11.3 Å². The van der Waals surface area contributed by atoms with Crippen LogP contribution >= 0.6 is 11.3 Å². The maximum Gasteiger partial charge on any atom is 0.338 e. The van der Waals surface area contributed by atoms with Crippen LogP contribution in [0.2, 0.25) is 0 Å². The van der Waals surface area contributed by atoms with Crippen molar-refractivity contribution in [3.05, 3.63) is 90.6 Å². The number of allylic oxidation sites excluding steroid dienone is 1. The number of rotatable bonds is 6. The first-order chi connectivity index (χ1) is 18.3. The number of esters is 1. The number of nitrogens with two attached hydrogens (primary N) is 1. The topological polar surface area (TPSA) is 133 Å². The molecule has 2 aromatic carbocycles. The van der Waals surface area contributed by atoms with E-state index in [2.05, 4.69) is 4.99 Å². The van der Waals surface area contributed by atoms with Gasteiger partial charge in [0.15, 0.2) is 4.80 Å². The Labute approximate surface area is 220 Å². The molecule has 0 fully saturated rings. The van der Waals surface area contributed by atoms with Gasteiger partial charge in [-0.1, -0.05) is 41.7 Å². The van der Waals surface area contributed by atoms with Crippen molar-refractivity contribution in [2.75, 3.05) is 25.2 Å². The highest BCUT2D eigenvalue weighted by Crippen LogP contribution is 2.35. The summed E-state index contributed by atoms with van der Waals surface area (Å²) in [5.74, 6) is -1.14. The van der Waals surface area contributed by atoms with Crippen LogP contribution in [0.3, 0.4) is 0 Å². The SMILES string of the molecule is CCOC(=O)C1=C(C)N=c2s/c(=C3\C(=O)N(CC(N)=O)c4ccccc43)c(=O)n2[C@@H]1c1ccc(OC)cc1. The molecule has 2 aliphatic heterocycles. The molecule has 38 heavy (non-hydrogen) atoms. The molecule has 0 spiro atoms. The Balaban J connectivity index is 1.79. The Hall–Kier alpha value is -4.51. The van der Waals surface area contributed by atoms with E-state index >= 15 is 0 Å². The first kappa shape index (κ1) is 25.2. The van der Waals surface area contributed by atoms with Crippen LogP contribution in [0.1, 0.15) is 31.0 Å². The van der Waals surface area contributed by atoms with Gasteiger partial charge in [-0.25, -0.2) is 9.79 Å². The molecule has 3 aromatic rings. The molecule has 5 rings (SSSR count). The third-order valence-electron chi connectivity index (χ3n) is 6.39. The molecule has 2 aliphatic rings. The average Bonchev–Trinajstić information content (AvgIpc) is 3.35. The number of benzene rings is 2. The van der Waals surface area contributed by atoms with Gasteiger partial charge < -0.3 is 15.2 Å². The molecular weight excluding hydrogens is 508 g/mol. The number of anilines is 1. The van der Waals surface area contributed by atoms with Gasteiger partial charge in [0.05, 0.1) is 42.3 Å². The van der Waals surface area contributed by atoms with Crippen molar-refractivity contribution in [3.8, 4) is 5.75 Å². The molecule has 0 radical (unpaired) electrons. The molecule has 0 unspecified atom stereocenters. The first-order valence-corrected chi connectivity index (χ1v) is 12.6. The number of aromatic nitrogens is 1. The second-order valence-corrected chi connectivity index (χ2v) is 9.62. The molecular formula is C27H24N4O6S. The Morgan fingerprint density at radius 2 is 1.82 bits per heavy atom. The Morgan fingerprint density at radius 3 is 2.47 bits per heavy atom. The van der Waals surface area contributed by atoms with Crippen LogP contribution in [-0.2, 0) is 19.1 Å². The van der Waals surface area contributed by atoms with E-state index in [9.17, 15) is 19.2 Å². The molecule has 2 amide bonds. The summed E-state index contributed by atoms with van der Waals surface area (Å²) in [6.07, 6.45) is 0. The fourth-order valence-electron chi connectivity index (χ4n) is 4.76. The highest BCUT2D eigenvalue weighted by molar-refractivity contribution is 7.07. The molecule has 1 atom stereocenters. The average molecular weight is 533 g/mol. The van der Waals surface area contributed by atoms with Gasteiger partial charge in [0.25, 0.3) is 11.5 Å². The summed E-state index contributed by atoms with van der Waals surface area (Å²) < 4.78 is 12.2. The number of nitrogens with zero attached hydrogens (tertiary/aromatic N) is 3. The number of para-hydroxylation sites is 1. The van der Waals surface area contributed by atoms with E-state index < -0.39 is 29.4 Å². The van der Waals surface area contributed by atoms with E-state index in [0.29, 0.717) is 33.1 Å². The minimum atomic E-state index is -0.834. The first-order valence-electron chi connectivity index (χ1n) is 11.8. The number of carbonyl (C=O) groups excluding carboxylic acids is 3. The number of hydrogen-bond donors (Lipinski definition) is 1. The monoisotopic (exact) mass is 532 g/mol. The number of thiazole rings is 1. The lowest BCUT2D eigenvalue weighted by Crippen LogP contribution is -2.41. The van der Waals surface area contributed by atoms with Gasteiger partial charge >= 0.3 is 5.97 Å². The lowest BCUT2D eigenvalue weighted by Gasteiger charge is -2.24. The van der Waals surface area contributed by atoms with Gasteiger partial charge in [0.2, 0.25) is 5.91 Å². The fourth-order valence-corrected chi connectivity index (χ4v) is 5.89. The quantitative estimate of drug-likeness (QED) is 0.471. The number of primary amides is 1. The van der Waals surface area contributed by atoms with Crippen LogP contribution in [0, 0.1) is 0 Å². The van der Waals surface area contributed by atoms with Crippen LogP contribution in [0.4, 0.5) is 5.69 Å². The summed E-state index contributed by atoms with van der Waals surface area (Å²) in [6, 6.07) is 13.1. The minimum Gasteiger partial charge on any atom is -0.497 e. The fraction of sp³-hybridized carbons (Fsp3) is 0.222. The number of ether oxygens (including phenoxy) is 2. The highest BCUT2D eigenvalue weighted by Gasteiger charge is 2.37. The van der Waals surface area contributed by atoms with Crippen LogP contribution in [0.15, 0.2) is 69.6 Å². The number of carbonyl (C=O) groups is 3. The van der Waals surface area contributed by atoms with Gasteiger partial charge in [-0.15, -0.1) is 0 Å². The highest BCUT2D eigenvalue weighted by atomic mass is 32.1. The van der Waals surface area contributed by atoms with Crippen molar-refractivity contribution in [1.82, 2.24) is 4.57 Å². The predicted octanol–water partition coefficient (Wildman–Crippen LogP) is 1.01. The zero-order valence-corrected chi connectivity index (χ0v) is 21.7. The maximum absolute atomic E-state index is 14.1. The van der Waals surface area contributed by atoms with E-state index in [1.165, 1.54) is 9.47 Å². The number of methoxy groups -OCH3 is 1. The van der Waals surface area contributed by atoms with Crippen molar-refractivity contribution in [2.24, 2.45) is 10.7 Å². The second-order valence-electron chi connectivity index (χ2n) is 8.65. The zero-order valence-electron chi connectivity index (χ0n) is 20.9. The van der Waals surface area contributed by atoms with Gasteiger partial charge in [0, 0.05) is 5.56 Å². The molecule has 2 N–H and O–H groups in total. The van der Waals surface area contributed by atoms with Gasteiger partial charge in [-0.2, -0.15) is 0 Å². The molecule has 1 aromatic heterocycles. The van der Waals surface area contributed by atoms with Crippen LogP contribution in [-0.4, -0.2) is 42.6 Å². The Kier molecular flexibility index (Phi) is 6.45. The van der Waals surface area contributed by atoms with Crippen molar-refractivity contribution < 1.29 is 23.9 Å². The third kappa shape index (κ3) is 4.01. The molecule has 10 nitrogen and oxygen atoms in total. The molecule has 0 saturated heterocycles. The predicted molar refractivity (Wildman–Crippen MR) is 140 cm³/mol. The standard InChI is InChI=1S/C27H24N4O6S/c1-4-37-26(35)20-14(2)29-27-31(22(20)15-9-11-16(36-3)12-10-15)25(34)23(38-27)21-17-7-5-6-8-18(17)30(24(21)33)13-19(28)32/h5-12,22H,4,13H2,1-3H3,(H2,28,32)/b23-21-/t22-/m1/s1. The maximum atomic E-state index is 14.1. The molecule has 11 heteroatoms. The Morgan fingerprint density at radius 1 is 1.11 bits per heavy atom. The van der Waals surface area contributed by atoms with Crippen molar-refractivity contribution in [1.29, 1.82) is 0 Å². The minimum absolute atomic E-state index is 0.153. The van der Waals surface area contributed by atoms with Crippen molar-refractivity contribution in [2.45, 2.75) is 19.9 Å². The van der Waals surface area contributed by atoms with E-state index in [-0.39, 0.29) is 28.8 Å². The third-order valence-corrected chi connectivity index (χ3v) is 7.44. The molecule has 0 aliphatic carbocycles. The van der Waals surface area contributed by atoms with E-state index in [1.54, 1.807) is 69.5 Å².